The molecule has 7 nitrogen and oxygen atoms in total. The van der Waals surface area contributed by atoms with E-state index in [0.717, 1.165) is 42.1 Å². The number of benzene rings is 1. The van der Waals surface area contributed by atoms with Crippen molar-refractivity contribution in [2.75, 3.05) is 33.9 Å². The number of imidazole rings is 1. The van der Waals surface area contributed by atoms with Gasteiger partial charge in [-0.05, 0) is 24.1 Å². The summed E-state index contributed by atoms with van der Waals surface area (Å²) in [5.41, 5.74) is 2.12. The second-order valence-corrected chi connectivity index (χ2v) is 7.61. The van der Waals surface area contributed by atoms with Gasteiger partial charge in [-0.3, -0.25) is 9.69 Å². The topological polar surface area (TPSA) is 70.7 Å². The van der Waals surface area contributed by atoms with Gasteiger partial charge in [0.2, 0.25) is 5.91 Å². The smallest absolute Gasteiger partial charge is 0.237 e. The van der Waals surface area contributed by atoms with Crippen LogP contribution in [0.1, 0.15) is 36.8 Å². The molecule has 1 amide bonds. The van der Waals surface area contributed by atoms with Gasteiger partial charge in [-0.25, -0.2) is 4.98 Å². The van der Waals surface area contributed by atoms with Gasteiger partial charge in [-0.15, -0.1) is 0 Å². The molecule has 7 heteroatoms. The minimum absolute atomic E-state index is 0.0258. The lowest BCUT2D eigenvalue weighted by molar-refractivity contribution is -0.132. The fraction of sp³-hybridized carbons (Fsp3) is 0.545. The Morgan fingerprint density at radius 2 is 1.97 bits per heavy atom. The highest BCUT2D eigenvalue weighted by molar-refractivity contribution is 5.78. The molecule has 1 N–H and O–H groups in total. The fourth-order valence-electron chi connectivity index (χ4n) is 3.62. The summed E-state index contributed by atoms with van der Waals surface area (Å²) in [4.78, 5) is 24.8. The van der Waals surface area contributed by atoms with Crippen molar-refractivity contribution in [1.29, 1.82) is 0 Å². The van der Waals surface area contributed by atoms with Crippen LogP contribution in [0, 0.1) is 0 Å². The lowest BCUT2D eigenvalue weighted by Gasteiger charge is -2.23. The van der Waals surface area contributed by atoms with Crippen LogP contribution < -0.4 is 4.74 Å². The van der Waals surface area contributed by atoms with Gasteiger partial charge in [-0.2, -0.15) is 0 Å². The zero-order chi connectivity index (χ0) is 20.6. The number of hydrogen-bond acceptors (Lipinski definition) is 5. The first-order valence-corrected chi connectivity index (χ1v) is 10.3. The molecule has 1 atom stereocenters. The number of aryl methyl sites for hydroxylation is 1. The minimum Gasteiger partial charge on any atom is -0.497 e. The number of H-pyrrole nitrogens is 1. The van der Waals surface area contributed by atoms with Gasteiger partial charge in [0.15, 0.2) is 0 Å². The number of nitrogens with one attached hydrogen (secondary N) is 1. The number of carbonyl (C=O) groups is 1. The van der Waals surface area contributed by atoms with Gasteiger partial charge in [-0.1, -0.05) is 25.5 Å². The van der Waals surface area contributed by atoms with Crippen molar-refractivity contribution in [3.05, 3.63) is 47.5 Å². The Bertz CT molecular complexity index is 775. The number of unbranched alkanes of at least 4 members (excludes halogenated alkanes) is 1. The summed E-state index contributed by atoms with van der Waals surface area (Å²) in [7, 11) is 3.36. The van der Waals surface area contributed by atoms with Crippen molar-refractivity contribution in [2.45, 2.75) is 45.4 Å². The van der Waals surface area contributed by atoms with Gasteiger partial charge in [0, 0.05) is 51.6 Å². The molecule has 1 aliphatic heterocycles. The van der Waals surface area contributed by atoms with Crippen LogP contribution in [0.15, 0.2) is 30.5 Å². The molecule has 29 heavy (non-hydrogen) atoms. The number of amides is 1. The van der Waals surface area contributed by atoms with E-state index in [-0.39, 0.29) is 12.0 Å². The molecule has 1 fully saturated rings. The van der Waals surface area contributed by atoms with Crippen molar-refractivity contribution in [3.8, 4) is 5.75 Å². The number of ether oxygens (including phenoxy) is 2. The number of aromatic nitrogens is 2. The monoisotopic (exact) mass is 400 g/mol. The van der Waals surface area contributed by atoms with E-state index in [2.05, 4.69) is 21.8 Å². The van der Waals surface area contributed by atoms with Crippen LogP contribution in [-0.4, -0.2) is 65.6 Å². The highest BCUT2D eigenvalue weighted by Gasteiger charge is 2.28. The summed E-state index contributed by atoms with van der Waals surface area (Å²) < 4.78 is 10.9. The molecule has 2 heterocycles. The van der Waals surface area contributed by atoms with Crippen molar-refractivity contribution >= 4 is 5.91 Å². The maximum Gasteiger partial charge on any atom is 0.237 e. The standard InChI is InChI=1S/C22H32N4O3/c1-4-5-6-21-23-11-18(24-21)13-25-14-20(29-3)15-26(22(27)16-25)12-17-7-9-19(28-2)10-8-17/h7-11,20H,4-6,12-16H2,1-3H3,(H,23,24). The lowest BCUT2D eigenvalue weighted by atomic mass is 10.2. The van der Waals surface area contributed by atoms with Gasteiger partial charge < -0.3 is 19.4 Å². The van der Waals surface area contributed by atoms with Gasteiger partial charge in [0.05, 0.1) is 19.8 Å². The van der Waals surface area contributed by atoms with Crippen LogP contribution in [0.4, 0.5) is 0 Å². The van der Waals surface area contributed by atoms with Crippen LogP contribution in [-0.2, 0) is 29.0 Å². The fourth-order valence-corrected chi connectivity index (χ4v) is 3.62. The van der Waals surface area contributed by atoms with Crippen LogP contribution >= 0.6 is 0 Å². The number of carbonyl (C=O) groups excluding carboxylic acids is 1. The molecule has 3 rings (SSSR count). The Morgan fingerprint density at radius 1 is 1.17 bits per heavy atom. The van der Waals surface area contributed by atoms with Gasteiger partial charge >= 0.3 is 0 Å². The summed E-state index contributed by atoms with van der Waals surface area (Å²) in [5, 5.41) is 0. The van der Waals surface area contributed by atoms with E-state index in [1.54, 1.807) is 14.2 Å². The second-order valence-electron chi connectivity index (χ2n) is 7.61. The number of rotatable bonds is 9. The molecule has 158 valence electrons. The molecule has 0 bridgehead atoms. The molecule has 0 radical (unpaired) electrons. The molecule has 2 aromatic rings. The average molecular weight is 401 g/mol. The maximum atomic E-state index is 12.9. The predicted octanol–water partition coefficient (Wildman–Crippen LogP) is 2.62. The third kappa shape index (κ3) is 6.05. The zero-order valence-electron chi connectivity index (χ0n) is 17.7. The van der Waals surface area contributed by atoms with Crippen molar-refractivity contribution < 1.29 is 14.3 Å². The van der Waals surface area contributed by atoms with Crippen molar-refractivity contribution in [2.24, 2.45) is 0 Å². The summed E-state index contributed by atoms with van der Waals surface area (Å²) in [6.07, 6.45) is 5.10. The van der Waals surface area contributed by atoms with E-state index < -0.39 is 0 Å². The molecule has 1 aliphatic rings. The normalized spacial score (nSPS) is 18.1. The van der Waals surface area contributed by atoms with E-state index in [1.807, 2.05) is 35.4 Å². The Kier molecular flexibility index (Phi) is 7.66. The van der Waals surface area contributed by atoms with E-state index in [0.29, 0.717) is 32.7 Å². The molecular formula is C22H32N4O3. The molecule has 1 unspecified atom stereocenters. The Balaban J connectivity index is 1.63. The SMILES string of the molecule is CCCCc1ncc(CN2CC(=O)N(Cc3ccc(OC)cc3)CC(OC)C2)[nH]1. The summed E-state index contributed by atoms with van der Waals surface area (Å²) >= 11 is 0. The average Bonchev–Trinajstić information content (AvgIpc) is 3.12. The minimum atomic E-state index is -0.0258. The Morgan fingerprint density at radius 3 is 2.66 bits per heavy atom. The summed E-state index contributed by atoms with van der Waals surface area (Å²) in [6.45, 7) is 5.09. The van der Waals surface area contributed by atoms with Crippen molar-refractivity contribution in [3.63, 3.8) is 0 Å². The molecule has 1 aromatic heterocycles. The first-order valence-electron chi connectivity index (χ1n) is 10.3. The number of nitrogens with zero attached hydrogens (tertiary/aromatic N) is 3. The Labute approximate surface area is 173 Å². The van der Waals surface area contributed by atoms with Crippen LogP contribution in [0.3, 0.4) is 0 Å². The molecule has 0 spiro atoms. The number of hydrogen-bond donors (Lipinski definition) is 1. The van der Waals surface area contributed by atoms with Crippen LogP contribution in [0.2, 0.25) is 0 Å². The highest BCUT2D eigenvalue weighted by atomic mass is 16.5. The van der Waals surface area contributed by atoms with Gasteiger partial charge in [0.25, 0.3) is 0 Å². The number of aromatic amines is 1. The second kappa shape index (κ2) is 10.4. The summed E-state index contributed by atoms with van der Waals surface area (Å²) in [6, 6.07) is 7.84. The third-order valence-corrected chi connectivity index (χ3v) is 5.31. The molecule has 1 aromatic carbocycles. The molecule has 1 saturated heterocycles. The molecule has 0 aliphatic carbocycles. The van der Waals surface area contributed by atoms with Crippen LogP contribution in [0.25, 0.3) is 0 Å². The van der Waals surface area contributed by atoms with Crippen molar-refractivity contribution in [1.82, 2.24) is 19.8 Å². The number of methoxy groups -OCH3 is 2. The van der Waals surface area contributed by atoms with E-state index in [4.69, 9.17) is 9.47 Å². The summed E-state index contributed by atoms with van der Waals surface area (Å²) in [5.74, 6) is 1.95. The van der Waals surface area contributed by atoms with E-state index in [9.17, 15) is 4.79 Å². The van der Waals surface area contributed by atoms with E-state index >= 15 is 0 Å². The third-order valence-electron chi connectivity index (χ3n) is 5.31. The molecule has 0 saturated carbocycles. The Hall–Kier alpha value is -2.38. The first-order chi connectivity index (χ1) is 14.1. The maximum absolute atomic E-state index is 12.9. The lowest BCUT2D eigenvalue weighted by Crippen LogP contribution is -2.37. The van der Waals surface area contributed by atoms with Gasteiger partial charge in [0.1, 0.15) is 11.6 Å². The van der Waals surface area contributed by atoms with Crippen LogP contribution in [0.5, 0.6) is 5.75 Å². The quantitative estimate of drug-likeness (QED) is 0.701. The zero-order valence-corrected chi connectivity index (χ0v) is 17.7. The largest absolute Gasteiger partial charge is 0.497 e. The predicted molar refractivity (Wildman–Crippen MR) is 112 cm³/mol. The first kappa shape index (κ1) is 21.3. The molecular weight excluding hydrogens is 368 g/mol. The highest BCUT2D eigenvalue weighted by Crippen LogP contribution is 2.17. The van der Waals surface area contributed by atoms with E-state index in [1.165, 1.54) is 0 Å².